The number of rotatable bonds is 4. The third kappa shape index (κ3) is 2.60. The molecule has 18 heavy (non-hydrogen) atoms. The lowest BCUT2D eigenvalue weighted by atomic mass is 10.1. The van der Waals surface area contributed by atoms with E-state index in [1.807, 2.05) is 6.07 Å². The van der Waals surface area contributed by atoms with Gasteiger partial charge in [0, 0.05) is 5.56 Å². The van der Waals surface area contributed by atoms with Crippen LogP contribution in [0.5, 0.6) is 0 Å². The van der Waals surface area contributed by atoms with E-state index in [0.717, 1.165) is 5.56 Å². The second-order valence-corrected chi connectivity index (χ2v) is 3.73. The second-order valence-electron chi connectivity index (χ2n) is 3.73. The lowest BCUT2D eigenvalue weighted by Gasteiger charge is -2.03. The normalized spacial score (nSPS) is 10.3. The summed E-state index contributed by atoms with van der Waals surface area (Å²) < 4.78 is 10.3. The van der Waals surface area contributed by atoms with Crippen molar-refractivity contribution in [2.45, 2.75) is 13.5 Å². The van der Waals surface area contributed by atoms with Crippen LogP contribution in [0.4, 0.5) is 0 Å². The monoisotopic (exact) mass is 246 g/mol. The highest BCUT2D eigenvalue weighted by atomic mass is 16.5. The first-order valence-electron chi connectivity index (χ1n) is 5.71. The van der Waals surface area contributed by atoms with Crippen molar-refractivity contribution in [2.75, 3.05) is 6.61 Å². The van der Waals surface area contributed by atoms with Crippen molar-refractivity contribution >= 4 is 5.97 Å². The first kappa shape index (κ1) is 12.4. The van der Waals surface area contributed by atoms with Crippen LogP contribution in [0.2, 0.25) is 0 Å². The van der Waals surface area contributed by atoms with Gasteiger partial charge in [0.25, 0.3) is 0 Å². The van der Waals surface area contributed by atoms with E-state index in [0.29, 0.717) is 23.7 Å². The Morgan fingerprint density at radius 1 is 1.33 bits per heavy atom. The molecule has 1 aromatic carbocycles. The maximum Gasteiger partial charge on any atom is 0.338 e. The van der Waals surface area contributed by atoms with Gasteiger partial charge in [0.15, 0.2) is 0 Å². The average Bonchev–Trinajstić information content (AvgIpc) is 2.88. The van der Waals surface area contributed by atoms with Crippen LogP contribution in [0.15, 0.2) is 40.8 Å². The van der Waals surface area contributed by atoms with Crippen LogP contribution in [0, 0.1) is 0 Å². The number of aliphatic hydroxyl groups is 1. The molecule has 0 radical (unpaired) electrons. The Kier molecular flexibility index (Phi) is 3.79. The molecule has 1 aromatic heterocycles. The number of esters is 1. The zero-order valence-corrected chi connectivity index (χ0v) is 10.1. The van der Waals surface area contributed by atoms with Gasteiger partial charge in [0.05, 0.1) is 12.2 Å². The molecule has 0 aliphatic rings. The average molecular weight is 246 g/mol. The van der Waals surface area contributed by atoms with Gasteiger partial charge >= 0.3 is 5.97 Å². The second kappa shape index (κ2) is 5.51. The van der Waals surface area contributed by atoms with Crippen molar-refractivity contribution in [3.05, 3.63) is 47.7 Å². The molecule has 0 aliphatic carbocycles. The number of ether oxygens (including phenoxy) is 1. The number of furan rings is 1. The highest BCUT2D eigenvalue weighted by molar-refractivity contribution is 5.90. The first-order valence-corrected chi connectivity index (χ1v) is 5.71. The summed E-state index contributed by atoms with van der Waals surface area (Å²) in [7, 11) is 0. The van der Waals surface area contributed by atoms with Gasteiger partial charge in [-0.05, 0) is 31.2 Å². The quantitative estimate of drug-likeness (QED) is 0.842. The van der Waals surface area contributed by atoms with E-state index in [1.54, 1.807) is 37.3 Å². The molecule has 0 spiro atoms. The fourth-order valence-corrected chi connectivity index (χ4v) is 1.63. The molecule has 0 saturated heterocycles. The molecule has 0 aliphatic heterocycles. The van der Waals surface area contributed by atoms with E-state index < -0.39 is 0 Å². The van der Waals surface area contributed by atoms with Crippen molar-refractivity contribution in [3.8, 4) is 11.3 Å². The molecule has 2 aromatic rings. The van der Waals surface area contributed by atoms with E-state index >= 15 is 0 Å². The minimum absolute atomic E-state index is 0.141. The summed E-state index contributed by atoms with van der Waals surface area (Å²) in [5, 5.41) is 8.94. The van der Waals surface area contributed by atoms with Gasteiger partial charge in [-0.1, -0.05) is 12.1 Å². The smallest absolute Gasteiger partial charge is 0.338 e. The van der Waals surface area contributed by atoms with Crippen LogP contribution in [-0.2, 0) is 11.3 Å². The van der Waals surface area contributed by atoms with E-state index in [4.69, 9.17) is 14.3 Å². The Bertz CT molecular complexity index is 542. The van der Waals surface area contributed by atoms with Crippen molar-refractivity contribution in [1.29, 1.82) is 0 Å². The SMILES string of the molecule is CCOC(=O)c1cccc(-c2ccc(CO)o2)c1. The zero-order chi connectivity index (χ0) is 13.0. The number of benzene rings is 1. The summed E-state index contributed by atoms with van der Waals surface area (Å²) in [6, 6.07) is 10.5. The third-order valence-electron chi connectivity index (χ3n) is 2.48. The highest BCUT2D eigenvalue weighted by Gasteiger charge is 2.09. The summed E-state index contributed by atoms with van der Waals surface area (Å²) >= 11 is 0. The first-order chi connectivity index (χ1) is 8.74. The van der Waals surface area contributed by atoms with E-state index in [2.05, 4.69) is 0 Å². The minimum atomic E-state index is -0.353. The van der Waals surface area contributed by atoms with Gasteiger partial charge < -0.3 is 14.3 Å². The fraction of sp³-hybridized carbons (Fsp3) is 0.214. The molecule has 0 unspecified atom stereocenters. The molecular weight excluding hydrogens is 232 g/mol. The van der Waals surface area contributed by atoms with Crippen molar-refractivity contribution in [1.82, 2.24) is 0 Å². The Morgan fingerprint density at radius 2 is 2.17 bits per heavy atom. The Morgan fingerprint density at radius 3 is 2.83 bits per heavy atom. The number of aliphatic hydroxyl groups excluding tert-OH is 1. The number of hydrogen-bond donors (Lipinski definition) is 1. The molecule has 0 amide bonds. The Hall–Kier alpha value is -2.07. The predicted octanol–water partition coefficient (Wildman–Crippen LogP) is 2.62. The summed E-state index contributed by atoms with van der Waals surface area (Å²) in [6.45, 7) is 1.97. The largest absolute Gasteiger partial charge is 0.462 e. The van der Waals surface area contributed by atoms with Crippen molar-refractivity contribution in [2.24, 2.45) is 0 Å². The van der Waals surface area contributed by atoms with Crippen molar-refractivity contribution < 1.29 is 19.1 Å². The van der Waals surface area contributed by atoms with Crippen molar-refractivity contribution in [3.63, 3.8) is 0 Å². The summed E-state index contributed by atoms with van der Waals surface area (Å²) in [4.78, 5) is 11.6. The van der Waals surface area contributed by atoms with Gasteiger partial charge in [0.1, 0.15) is 18.1 Å². The number of carbonyl (C=O) groups excluding carboxylic acids is 1. The summed E-state index contributed by atoms with van der Waals surface area (Å²) in [5.41, 5.74) is 1.26. The maximum absolute atomic E-state index is 11.6. The topological polar surface area (TPSA) is 59.7 Å². The molecular formula is C14H14O4. The standard InChI is InChI=1S/C14H14O4/c1-2-17-14(16)11-5-3-4-10(8-11)13-7-6-12(9-15)18-13/h3-8,15H,2,9H2,1H3. The molecule has 0 bridgehead atoms. The predicted molar refractivity (Wildman–Crippen MR) is 66.0 cm³/mol. The zero-order valence-electron chi connectivity index (χ0n) is 10.1. The molecule has 4 heteroatoms. The molecule has 1 heterocycles. The van der Waals surface area contributed by atoms with Crippen LogP contribution < -0.4 is 0 Å². The molecule has 4 nitrogen and oxygen atoms in total. The summed E-state index contributed by atoms with van der Waals surface area (Å²) in [5.74, 6) is 0.755. The van der Waals surface area contributed by atoms with Gasteiger partial charge in [0.2, 0.25) is 0 Å². The van der Waals surface area contributed by atoms with Crippen LogP contribution in [0.3, 0.4) is 0 Å². The molecule has 94 valence electrons. The maximum atomic E-state index is 11.6. The highest BCUT2D eigenvalue weighted by Crippen LogP contribution is 2.23. The Balaban J connectivity index is 2.29. The van der Waals surface area contributed by atoms with E-state index in [9.17, 15) is 4.79 Å². The van der Waals surface area contributed by atoms with Crippen LogP contribution in [0.25, 0.3) is 11.3 Å². The van der Waals surface area contributed by atoms with Crippen LogP contribution in [-0.4, -0.2) is 17.7 Å². The lowest BCUT2D eigenvalue weighted by Crippen LogP contribution is -2.04. The molecule has 0 fully saturated rings. The van der Waals surface area contributed by atoms with Gasteiger partial charge in [-0.15, -0.1) is 0 Å². The third-order valence-corrected chi connectivity index (χ3v) is 2.48. The molecule has 0 saturated carbocycles. The van der Waals surface area contributed by atoms with Gasteiger partial charge in [-0.2, -0.15) is 0 Å². The van der Waals surface area contributed by atoms with E-state index in [-0.39, 0.29) is 12.6 Å². The lowest BCUT2D eigenvalue weighted by molar-refractivity contribution is 0.0526. The number of carbonyl (C=O) groups is 1. The Labute approximate surface area is 105 Å². The number of hydrogen-bond acceptors (Lipinski definition) is 4. The van der Waals surface area contributed by atoms with E-state index in [1.165, 1.54) is 0 Å². The van der Waals surface area contributed by atoms with Crippen LogP contribution >= 0.6 is 0 Å². The fourth-order valence-electron chi connectivity index (χ4n) is 1.63. The van der Waals surface area contributed by atoms with Gasteiger partial charge in [-0.25, -0.2) is 4.79 Å². The molecule has 2 rings (SSSR count). The molecule has 0 atom stereocenters. The molecule has 1 N–H and O–H groups in total. The minimum Gasteiger partial charge on any atom is -0.462 e. The summed E-state index contributed by atoms with van der Waals surface area (Å²) in [6.07, 6.45) is 0. The van der Waals surface area contributed by atoms with Crippen LogP contribution in [0.1, 0.15) is 23.0 Å². The van der Waals surface area contributed by atoms with Gasteiger partial charge in [-0.3, -0.25) is 0 Å².